The molecule has 0 atom stereocenters. The number of furan rings is 1. The number of carbonyl (C=O) groups excluding carboxylic acids is 2. The van der Waals surface area contributed by atoms with Crippen molar-refractivity contribution in [2.75, 3.05) is 6.54 Å². The van der Waals surface area contributed by atoms with Crippen LogP contribution in [0, 0.1) is 3.57 Å². The molecule has 0 aliphatic carbocycles. The maximum Gasteiger partial charge on any atom is 0.267 e. The minimum Gasteiger partial charge on any atom is -0.465 e. The summed E-state index contributed by atoms with van der Waals surface area (Å²) < 4.78 is 6.09. The molecule has 0 saturated carbocycles. The maximum absolute atomic E-state index is 12.7. The highest BCUT2D eigenvalue weighted by Crippen LogP contribution is 2.13. The van der Waals surface area contributed by atoms with Crippen molar-refractivity contribution < 1.29 is 14.0 Å². The molecule has 1 aromatic heterocycles. The van der Waals surface area contributed by atoms with E-state index in [0.29, 0.717) is 24.3 Å². The standard InChI is InChI=1S/C22H19IN2O3/c23-19-11-5-4-10-18(19)21(26)25-20(15-17-9-6-14-28-17)22(27)24-13-12-16-7-2-1-3-8-16/h1-11,14-15H,12-13H2,(H,24,27)(H,25,26)/b20-15+. The number of amides is 2. The molecular formula is C22H19IN2O3. The highest BCUT2D eigenvalue weighted by Gasteiger charge is 2.16. The highest BCUT2D eigenvalue weighted by molar-refractivity contribution is 14.1. The molecule has 0 spiro atoms. The summed E-state index contributed by atoms with van der Waals surface area (Å²) >= 11 is 2.09. The molecule has 142 valence electrons. The molecule has 28 heavy (non-hydrogen) atoms. The van der Waals surface area contributed by atoms with E-state index in [4.69, 9.17) is 4.42 Å². The first-order valence-corrected chi connectivity index (χ1v) is 9.84. The van der Waals surface area contributed by atoms with E-state index in [1.807, 2.05) is 42.5 Å². The second kappa shape index (κ2) is 9.89. The third-order valence-electron chi connectivity index (χ3n) is 3.98. The van der Waals surface area contributed by atoms with Gasteiger partial charge < -0.3 is 15.1 Å². The lowest BCUT2D eigenvalue weighted by Gasteiger charge is -2.11. The van der Waals surface area contributed by atoms with Gasteiger partial charge in [0.15, 0.2) is 0 Å². The fourth-order valence-corrected chi connectivity index (χ4v) is 3.20. The third-order valence-corrected chi connectivity index (χ3v) is 4.92. The predicted octanol–water partition coefficient (Wildman–Crippen LogP) is 4.01. The van der Waals surface area contributed by atoms with E-state index >= 15 is 0 Å². The number of hydrogen-bond acceptors (Lipinski definition) is 3. The van der Waals surface area contributed by atoms with Gasteiger partial charge in [0.2, 0.25) is 0 Å². The summed E-state index contributed by atoms with van der Waals surface area (Å²) in [7, 11) is 0. The number of hydrogen-bond donors (Lipinski definition) is 2. The van der Waals surface area contributed by atoms with Crippen molar-refractivity contribution in [1.29, 1.82) is 0 Å². The van der Waals surface area contributed by atoms with Crippen LogP contribution in [0.3, 0.4) is 0 Å². The average Bonchev–Trinajstić information content (AvgIpc) is 3.21. The van der Waals surface area contributed by atoms with Crippen molar-refractivity contribution in [3.8, 4) is 0 Å². The Kier molecular flexibility index (Phi) is 7.02. The van der Waals surface area contributed by atoms with Gasteiger partial charge in [-0.1, -0.05) is 42.5 Å². The highest BCUT2D eigenvalue weighted by atomic mass is 127. The monoisotopic (exact) mass is 486 g/mol. The first-order valence-electron chi connectivity index (χ1n) is 8.76. The predicted molar refractivity (Wildman–Crippen MR) is 116 cm³/mol. The van der Waals surface area contributed by atoms with Crippen molar-refractivity contribution >= 4 is 40.5 Å². The molecule has 0 saturated heterocycles. The Balaban J connectivity index is 1.71. The van der Waals surface area contributed by atoms with Crippen molar-refractivity contribution in [2.45, 2.75) is 6.42 Å². The van der Waals surface area contributed by atoms with Gasteiger partial charge >= 0.3 is 0 Å². The molecule has 0 bridgehead atoms. The largest absolute Gasteiger partial charge is 0.465 e. The first kappa shape index (κ1) is 19.9. The summed E-state index contributed by atoms with van der Waals surface area (Å²) in [5, 5.41) is 5.56. The lowest BCUT2D eigenvalue weighted by Crippen LogP contribution is -2.36. The molecule has 1 heterocycles. The van der Waals surface area contributed by atoms with Gasteiger partial charge in [0, 0.05) is 16.2 Å². The third kappa shape index (κ3) is 5.56. The lowest BCUT2D eigenvalue weighted by molar-refractivity contribution is -0.117. The minimum absolute atomic E-state index is 0.132. The summed E-state index contributed by atoms with van der Waals surface area (Å²) in [4.78, 5) is 25.3. The Morgan fingerprint density at radius 2 is 1.71 bits per heavy atom. The van der Waals surface area contributed by atoms with Crippen LogP contribution in [-0.2, 0) is 11.2 Å². The molecule has 6 heteroatoms. The zero-order valence-electron chi connectivity index (χ0n) is 15.0. The summed E-state index contributed by atoms with van der Waals surface area (Å²) in [6.07, 6.45) is 3.73. The van der Waals surface area contributed by atoms with E-state index in [1.54, 1.807) is 24.3 Å². The zero-order chi connectivity index (χ0) is 19.8. The summed E-state index contributed by atoms with van der Waals surface area (Å²) in [6, 6.07) is 20.5. The molecule has 0 unspecified atom stereocenters. The molecule has 5 nitrogen and oxygen atoms in total. The maximum atomic E-state index is 12.7. The fraction of sp³-hybridized carbons (Fsp3) is 0.0909. The molecule has 3 aromatic rings. The SMILES string of the molecule is O=C(NCCc1ccccc1)/C(=C\c1ccco1)NC(=O)c1ccccc1I. The fourth-order valence-electron chi connectivity index (χ4n) is 2.57. The van der Waals surface area contributed by atoms with Crippen LogP contribution in [0.25, 0.3) is 6.08 Å². The van der Waals surface area contributed by atoms with Gasteiger partial charge in [0.05, 0.1) is 11.8 Å². The van der Waals surface area contributed by atoms with Crippen LogP contribution in [0.4, 0.5) is 0 Å². The molecule has 2 amide bonds. The van der Waals surface area contributed by atoms with Crippen LogP contribution in [0.2, 0.25) is 0 Å². The molecule has 3 rings (SSSR count). The van der Waals surface area contributed by atoms with Crippen LogP contribution in [-0.4, -0.2) is 18.4 Å². The first-order chi connectivity index (χ1) is 13.6. The number of nitrogens with one attached hydrogen (secondary N) is 2. The van der Waals surface area contributed by atoms with Gasteiger partial charge in [0.25, 0.3) is 11.8 Å². The molecule has 0 aliphatic rings. The summed E-state index contributed by atoms with van der Waals surface area (Å²) in [5.74, 6) is -0.232. The average molecular weight is 486 g/mol. The Bertz CT molecular complexity index is 966. The van der Waals surface area contributed by atoms with Gasteiger partial charge in [-0.3, -0.25) is 9.59 Å². The quantitative estimate of drug-likeness (QED) is 0.392. The minimum atomic E-state index is -0.369. The lowest BCUT2D eigenvalue weighted by atomic mass is 10.1. The van der Waals surface area contributed by atoms with Crippen LogP contribution >= 0.6 is 22.6 Å². The smallest absolute Gasteiger partial charge is 0.267 e. The van der Waals surface area contributed by atoms with E-state index < -0.39 is 0 Å². The molecule has 0 fully saturated rings. The van der Waals surface area contributed by atoms with Crippen molar-refractivity contribution in [3.63, 3.8) is 0 Å². The molecule has 2 aromatic carbocycles. The normalized spacial score (nSPS) is 11.1. The summed E-state index contributed by atoms with van der Waals surface area (Å²) in [6.45, 7) is 0.455. The number of halogens is 1. The summed E-state index contributed by atoms with van der Waals surface area (Å²) in [5.41, 5.74) is 1.76. The number of benzene rings is 2. The van der Waals surface area contributed by atoms with E-state index in [9.17, 15) is 9.59 Å². The van der Waals surface area contributed by atoms with Crippen LogP contribution in [0.5, 0.6) is 0 Å². The molecule has 2 N–H and O–H groups in total. The second-order valence-electron chi connectivity index (χ2n) is 6.00. The molecular weight excluding hydrogens is 467 g/mol. The van der Waals surface area contributed by atoms with Gasteiger partial charge in [-0.25, -0.2) is 0 Å². The molecule has 0 aliphatic heterocycles. The molecule has 0 radical (unpaired) electrons. The Morgan fingerprint density at radius 1 is 0.964 bits per heavy atom. The number of rotatable bonds is 7. The van der Waals surface area contributed by atoms with Gasteiger partial charge in [0.1, 0.15) is 11.5 Å². The van der Waals surface area contributed by atoms with Gasteiger partial charge in [-0.05, 0) is 58.8 Å². The van der Waals surface area contributed by atoms with Crippen molar-refractivity contribution in [2.24, 2.45) is 0 Å². The Hall–Kier alpha value is -2.87. The van der Waals surface area contributed by atoms with Crippen LogP contribution in [0.1, 0.15) is 21.7 Å². The van der Waals surface area contributed by atoms with E-state index in [2.05, 4.69) is 33.2 Å². The van der Waals surface area contributed by atoms with Crippen molar-refractivity contribution in [1.82, 2.24) is 10.6 Å². The van der Waals surface area contributed by atoms with E-state index in [-0.39, 0.29) is 17.5 Å². The van der Waals surface area contributed by atoms with Gasteiger partial charge in [-0.2, -0.15) is 0 Å². The van der Waals surface area contributed by atoms with E-state index in [1.165, 1.54) is 12.3 Å². The van der Waals surface area contributed by atoms with Gasteiger partial charge in [-0.15, -0.1) is 0 Å². The zero-order valence-corrected chi connectivity index (χ0v) is 17.2. The Morgan fingerprint density at radius 3 is 2.43 bits per heavy atom. The second-order valence-corrected chi connectivity index (χ2v) is 7.16. The van der Waals surface area contributed by atoms with Crippen molar-refractivity contribution in [3.05, 3.63) is 99.1 Å². The van der Waals surface area contributed by atoms with E-state index in [0.717, 1.165) is 9.13 Å². The topological polar surface area (TPSA) is 71.3 Å². The number of carbonyl (C=O) groups is 2. The van der Waals surface area contributed by atoms with Crippen LogP contribution in [0.15, 0.2) is 83.1 Å². The Labute approximate surface area is 177 Å². The van der Waals surface area contributed by atoms with Crippen LogP contribution < -0.4 is 10.6 Å².